The van der Waals surface area contributed by atoms with Gasteiger partial charge in [-0.05, 0) is 62.1 Å². The molecule has 0 aliphatic carbocycles. The Morgan fingerprint density at radius 1 is 1.00 bits per heavy atom. The first-order valence-corrected chi connectivity index (χ1v) is 11.8. The van der Waals surface area contributed by atoms with Crippen LogP contribution in [-0.4, -0.2) is 18.0 Å². The first-order chi connectivity index (χ1) is 13.4. The minimum absolute atomic E-state index is 0.0574. The lowest BCUT2D eigenvalue weighted by Gasteiger charge is -2.35. The van der Waals surface area contributed by atoms with E-state index in [1.807, 2.05) is 36.0 Å². The summed E-state index contributed by atoms with van der Waals surface area (Å²) in [6, 6.07) is 16.6. The molecule has 0 radical (unpaired) electrons. The number of rotatable bonds is 9. The van der Waals surface area contributed by atoms with E-state index in [2.05, 4.69) is 39.1 Å². The molecule has 0 saturated heterocycles. The van der Waals surface area contributed by atoms with Gasteiger partial charge in [-0.3, -0.25) is 5.32 Å². The molecule has 2 aromatic carbocycles. The molecule has 29 heavy (non-hydrogen) atoms. The van der Waals surface area contributed by atoms with Gasteiger partial charge in [0, 0.05) is 11.3 Å². The smallest absolute Gasteiger partial charge is 0.238 e. The molecule has 2 rings (SSSR count). The SMILES string of the molecule is CC(C)(CCc1ccc(C#N)cc1)SC(C)(C)NCc1ccc(S(N)(=O)=O)cc1. The Morgan fingerprint density at radius 3 is 2.07 bits per heavy atom. The highest BCUT2D eigenvalue weighted by atomic mass is 32.2. The molecule has 0 fully saturated rings. The Bertz CT molecular complexity index is 959. The Balaban J connectivity index is 1.89. The van der Waals surface area contributed by atoms with Crippen LogP contribution >= 0.6 is 11.8 Å². The van der Waals surface area contributed by atoms with E-state index in [1.54, 1.807) is 12.1 Å². The van der Waals surface area contributed by atoms with E-state index in [0.717, 1.165) is 18.4 Å². The fourth-order valence-electron chi connectivity index (χ4n) is 3.08. The summed E-state index contributed by atoms with van der Waals surface area (Å²) in [6.45, 7) is 9.42. The van der Waals surface area contributed by atoms with E-state index in [-0.39, 0.29) is 14.5 Å². The van der Waals surface area contributed by atoms with Crippen LogP contribution in [0.4, 0.5) is 0 Å². The monoisotopic (exact) mass is 431 g/mol. The Labute approximate surface area is 178 Å². The number of primary sulfonamides is 1. The van der Waals surface area contributed by atoms with Crippen LogP contribution in [0.1, 0.15) is 50.8 Å². The van der Waals surface area contributed by atoms with E-state index < -0.39 is 10.0 Å². The minimum atomic E-state index is -3.66. The number of hydrogen-bond acceptors (Lipinski definition) is 5. The van der Waals surface area contributed by atoms with Crippen LogP contribution in [0.5, 0.6) is 0 Å². The number of nitrogens with zero attached hydrogens (tertiary/aromatic N) is 1. The summed E-state index contributed by atoms with van der Waals surface area (Å²) in [7, 11) is -3.66. The normalized spacial score (nSPS) is 12.6. The van der Waals surface area contributed by atoms with E-state index in [9.17, 15) is 8.42 Å². The zero-order valence-corrected chi connectivity index (χ0v) is 19.0. The van der Waals surface area contributed by atoms with Crippen molar-refractivity contribution >= 4 is 21.8 Å². The average molecular weight is 432 g/mol. The molecule has 0 spiro atoms. The van der Waals surface area contributed by atoms with E-state index in [4.69, 9.17) is 10.4 Å². The van der Waals surface area contributed by atoms with Crippen LogP contribution in [0.15, 0.2) is 53.4 Å². The van der Waals surface area contributed by atoms with Crippen molar-refractivity contribution < 1.29 is 8.42 Å². The third-order valence-electron chi connectivity index (χ3n) is 4.60. The molecule has 156 valence electrons. The molecule has 0 saturated carbocycles. The maximum atomic E-state index is 11.4. The molecule has 0 unspecified atom stereocenters. The summed E-state index contributed by atoms with van der Waals surface area (Å²) in [6.07, 6.45) is 1.97. The highest BCUT2D eigenvalue weighted by Crippen LogP contribution is 2.38. The molecule has 0 atom stereocenters. The summed E-state index contributed by atoms with van der Waals surface area (Å²) >= 11 is 1.88. The number of benzene rings is 2. The molecule has 5 nitrogen and oxygen atoms in total. The Hall–Kier alpha value is -1.85. The molecule has 0 amide bonds. The largest absolute Gasteiger partial charge is 0.299 e. The van der Waals surface area contributed by atoms with Gasteiger partial charge in [0.2, 0.25) is 10.0 Å². The standard InChI is InChI=1S/C22H29N3O2S2/c1-21(2,14-13-17-5-7-18(15-23)8-6-17)28-22(3,4)25-16-19-9-11-20(12-10-19)29(24,26)27/h5-12,25H,13-14,16H2,1-4H3,(H2,24,26,27). The van der Waals surface area contributed by atoms with Gasteiger partial charge in [0.1, 0.15) is 0 Å². The van der Waals surface area contributed by atoms with Crippen LogP contribution in [0.2, 0.25) is 0 Å². The Kier molecular flexibility index (Phi) is 7.52. The van der Waals surface area contributed by atoms with Crippen molar-refractivity contribution in [2.75, 3.05) is 0 Å². The zero-order chi connectivity index (χ0) is 21.7. The summed E-state index contributed by atoms with van der Waals surface area (Å²) < 4.78 is 22.8. The van der Waals surface area contributed by atoms with Crippen LogP contribution in [0, 0.1) is 11.3 Å². The predicted molar refractivity (Wildman–Crippen MR) is 120 cm³/mol. The van der Waals surface area contributed by atoms with E-state index in [0.29, 0.717) is 12.1 Å². The number of nitrogens with one attached hydrogen (secondary N) is 1. The van der Waals surface area contributed by atoms with Crippen LogP contribution < -0.4 is 10.5 Å². The molecule has 3 N–H and O–H groups in total. The van der Waals surface area contributed by atoms with E-state index in [1.165, 1.54) is 17.7 Å². The average Bonchev–Trinajstić information content (AvgIpc) is 2.64. The molecule has 0 heterocycles. The summed E-state index contributed by atoms with van der Waals surface area (Å²) in [5.74, 6) is 0. The third-order valence-corrected chi connectivity index (χ3v) is 6.94. The molecule has 7 heteroatoms. The number of nitriles is 1. The molecule has 0 aliphatic rings. The second kappa shape index (κ2) is 9.31. The topological polar surface area (TPSA) is 96.0 Å². The summed E-state index contributed by atoms with van der Waals surface area (Å²) in [5.41, 5.74) is 2.92. The van der Waals surface area contributed by atoms with Crippen molar-refractivity contribution in [3.63, 3.8) is 0 Å². The lowest BCUT2D eigenvalue weighted by atomic mass is 10.0. The highest BCUT2D eigenvalue weighted by Gasteiger charge is 2.29. The van der Waals surface area contributed by atoms with Crippen molar-refractivity contribution in [1.29, 1.82) is 5.26 Å². The fraction of sp³-hybridized carbons (Fsp3) is 0.409. The zero-order valence-electron chi connectivity index (χ0n) is 17.4. The van der Waals surface area contributed by atoms with Gasteiger partial charge in [0.25, 0.3) is 0 Å². The number of nitrogens with two attached hydrogens (primary N) is 1. The van der Waals surface area contributed by atoms with Crippen LogP contribution in [0.3, 0.4) is 0 Å². The van der Waals surface area contributed by atoms with Gasteiger partial charge in [-0.15, -0.1) is 11.8 Å². The van der Waals surface area contributed by atoms with Crippen LogP contribution in [-0.2, 0) is 23.0 Å². The van der Waals surface area contributed by atoms with Gasteiger partial charge < -0.3 is 0 Å². The molecule has 0 bridgehead atoms. The van der Waals surface area contributed by atoms with Crippen LogP contribution in [0.25, 0.3) is 0 Å². The maximum absolute atomic E-state index is 11.4. The van der Waals surface area contributed by atoms with Gasteiger partial charge >= 0.3 is 0 Å². The minimum Gasteiger partial charge on any atom is -0.299 e. The first kappa shape index (κ1) is 23.4. The van der Waals surface area contributed by atoms with Crippen molar-refractivity contribution in [2.24, 2.45) is 5.14 Å². The van der Waals surface area contributed by atoms with Gasteiger partial charge in [-0.1, -0.05) is 38.1 Å². The van der Waals surface area contributed by atoms with Crippen molar-refractivity contribution in [2.45, 2.75) is 61.6 Å². The molecular weight excluding hydrogens is 402 g/mol. The number of sulfonamides is 1. The van der Waals surface area contributed by atoms with Crippen molar-refractivity contribution in [3.8, 4) is 6.07 Å². The van der Waals surface area contributed by atoms with E-state index >= 15 is 0 Å². The van der Waals surface area contributed by atoms with Gasteiger partial charge in [0.15, 0.2) is 0 Å². The fourth-order valence-corrected chi connectivity index (χ4v) is 5.33. The van der Waals surface area contributed by atoms with Gasteiger partial charge in [-0.25, -0.2) is 13.6 Å². The summed E-state index contributed by atoms with van der Waals surface area (Å²) in [4.78, 5) is -0.0360. The highest BCUT2D eigenvalue weighted by molar-refractivity contribution is 8.01. The Morgan fingerprint density at radius 2 is 1.55 bits per heavy atom. The number of hydrogen-bond donors (Lipinski definition) is 2. The third kappa shape index (κ3) is 7.82. The molecule has 0 aromatic heterocycles. The predicted octanol–water partition coefficient (Wildman–Crippen LogP) is 4.18. The number of thioether (sulfide) groups is 1. The molecule has 0 aliphatic heterocycles. The number of aryl methyl sites for hydroxylation is 1. The van der Waals surface area contributed by atoms with Crippen molar-refractivity contribution in [1.82, 2.24) is 5.32 Å². The van der Waals surface area contributed by atoms with Gasteiger partial charge in [0.05, 0.1) is 21.4 Å². The second-order valence-corrected chi connectivity index (χ2v) is 12.1. The maximum Gasteiger partial charge on any atom is 0.238 e. The molecule has 2 aromatic rings. The second-order valence-electron chi connectivity index (χ2n) is 8.22. The van der Waals surface area contributed by atoms with Gasteiger partial charge in [-0.2, -0.15) is 5.26 Å². The molecular formula is C22H29N3O2S2. The quantitative estimate of drug-likeness (QED) is 0.581. The first-order valence-electron chi connectivity index (χ1n) is 9.46. The summed E-state index contributed by atoms with van der Waals surface area (Å²) in [5, 5.41) is 17.6. The lowest BCUT2D eigenvalue weighted by Crippen LogP contribution is -2.39. The lowest BCUT2D eigenvalue weighted by molar-refractivity contribution is 0.524. The van der Waals surface area contributed by atoms with Crippen molar-refractivity contribution in [3.05, 3.63) is 65.2 Å².